The fourth-order valence-corrected chi connectivity index (χ4v) is 2.51. The van der Waals surface area contributed by atoms with Crippen molar-refractivity contribution in [2.75, 3.05) is 31.1 Å². The molecule has 0 aromatic carbocycles. The highest BCUT2D eigenvalue weighted by Crippen LogP contribution is 2.13. The summed E-state index contributed by atoms with van der Waals surface area (Å²) in [6.45, 7) is 4.00. The summed E-state index contributed by atoms with van der Waals surface area (Å²) >= 11 is 0. The van der Waals surface area contributed by atoms with Gasteiger partial charge in [0.1, 0.15) is 5.56 Å². The molecule has 1 fully saturated rings. The molecular formula is C14H17N5O3. The van der Waals surface area contributed by atoms with Gasteiger partial charge in [-0.2, -0.15) is 0 Å². The molecule has 0 saturated carbocycles. The van der Waals surface area contributed by atoms with Crippen molar-refractivity contribution in [1.82, 2.24) is 19.6 Å². The predicted molar refractivity (Wildman–Crippen MR) is 78.8 cm³/mol. The minimum atomic E-state index is -0.584. The van der Waals surface area contributed by atoms with Crippen LogP contribution in [0.5, 0.6) is 0 Å². The Morgan fingerprint density at radius 2 is 1.82 bits per heavy atom. The Bertz CT molecular complexity index is 729. The Morgan fingerprint density at radius 1 is 1.18 bits per heavy atom. The summed E-state index contributed by atoms with van der Waals surface area (Å²) in [6, 6.07) is 1.76. The Kier molecular flexibility index (Phi) is 3.66. The van der Waals surface area contributed by atoms with E-state index in [1.165, 1.54) is 4.74 Å². The van der Waals surface area contributed by atoms with Crippen molar-refractivity contribution in [3.8, 4) is 0 Å². The largest absolute Gasteiger partial charge is 0.370 e. The van der Waals surface area contributed by atoms with E-state index in [0.717, 1.165) is 0 Å². The van der Waals surface area contributed by atoms with Crippen molar-refractivity contribution in [3.63, 3.8) is 0 Å². The molecule has 8 heteroatoms. The van der Waals surface area contributed by atoms with Crippen LogP contribution in [0.3, 0.4) is 0 Å². The van der Waals surface area contributed by atoms with Crippen LogP contribution in [0.2, 0.25) is 0 Å². The van der Waals surface area contributed by atoms with Crippen molar-refractivity contribution >= 4 is 11.9 Å². The van der Waals surface area contributed by atoms with Gasteiger partial charge < -0.3 is 14.3 Å². The highest BCUT2D eigenvalue weighted by Gasteiger charge is 2.28. The van der Waals surface area contributed by atoms with E-state index >= 15 is 0 Å². The molecule has 1 saturated heterocycles. The lowest BCUT2D eigenvalue weighted by atomic mass is 10.2. The molecule has 8 nitrogen and oxygen atoms in total. The molecular weight excluding hydrogens is 286 g/mol. The molecule has 3 rings (SSSR count). The van der Waals surface area contributed by atoms with Crippen LogP contribution in [0.15, 0.2) is 27.8 Å². The van der Waals surface area contributed by atoms with Gasteiger partial charge in [0.2, 0.25) is 5.95 Å². The van der Waals surface area contributed by atoms with Crippen molar-refractivity contribution in [3.05, 3.63) is 40.1 Å². The number of nitrogens with zero attached hydrogens (tertiary/aromatic N) is 5. The molecule has 0 N–H and O–H groups in total. The Hall–Kier alpha value is -2.64. The number of rotatable bonds is 2. The molecule has 0 unspecified atom stereocenters. The third kappa shape index (κ3) is 2.47. The molecule has 2 aromatic heterocycles. The number of carbonyl (C=O) groups excluding carboxylic acids is 1. The number of hydrogen-bond acceptors (Lipinski definition) is 6. The molecule has 116 valence electrons. The summed E-state index contributed by atoms with van der Waals surface area (Å²) in [6.07, 6.45) is 3.39. The maximum Gasteiger partial charge on any atom is 0.370 e. The fraction of sp³-hybridized carbons (Fsp3) is 0.429. The topological polar surface area (TPSA) is 84.5 Å². The monoisotopic (exact) mass is 303 g/mol. The first-order valence-electron chi connectivity index (χ1n) is 7.06. The number of piperazine rings is 1. The van der Waals surface area contributed by atoms with Crippen LogP contribution < -0.4 is 10.5 Å². The molecule has 1 aliphatic heterocycles. The molecule has 0 aliphatic carbocycles. The molecule has 3 heterocycles. The molecule has 2 aromatic rings. The number of aryl methyl sites for hydroxylation is 1. The number of aromatic nitrogens is 3. The average molecular weight is 303 g/mol. The third-order valence-corrected chi connectivity index (χ3v) is 3.87. The van der Waals surface area contributed by atoms with E-state index in [4.69, 9.17) is 4.52 Å². The fourth-order valence-electron chi connectivity index (χ4n) is 2.51. The number of amides is 1. The summed E-state index contributed by atoms with van der Waals surface area (Å²) in [5.41, 5.74) is 0.0783. The summed E-state index contributed by atoms with van der Waals surface area (Å²) in [5, 5.41) is 0. The van der Waals surface area contributed by atoms with Gasteiger partial charge in [0, 0.05) is 45.6 Å². The second kappa shape index (κ2) is 5.63. The number of anilines is 1. The van der Waals surface area contributed by atoms with Crippen LogP contribution in [0.4, 0.5) is 5.95 Å². The van der Waals surface area contributed by atoms with Gasteiger partial charge in [-0.15, -0.1) is 0 Å². The lowest BCUT2D eigenvalue weighted by Crippen LogP contribution is -2.50. The van der Waals surface area contributed by atoms with Gasteiger partial charge >= 0.3 is 5.63 Å². The second-order valence-electron chi connectivity index (χ2n) is 5.16. The maximum absolute atomic E-state index is 12.5. The van der Waals surface area contributed by atoms with E-state index in [9.17, 15) is 9.59 Å². The Labute approximate surface area is 126 Å². The first kappa shape index (κ1) is 14.3. The maximum atomic E-state index is 12.5. The SMILES string of the molecule is Cc1c(C(=O)N2CCN(c3ncccn3)CC2)c(=O)on1C. The summed E-state index contributed by atoms with van der Waals surface area (Å²) in [5.74, 6) is 0.380. The highest BCUT2D eigenvalue weighted by atomic mass is 16.5. The second-order valence-corrected chi connectivity index (χ2v) is 5.16. The smallest absolute Gasteiger partial charge is 0.337 e. The molecule has 1 amide bonds. The van der Waals surface area contributed by atoms with E-state index in [-0.39, 0.29) is 11.5 Å². The molecule has 22 heavy (non-hydrogen) atoms. The van der Waals surface area contributed by atoms with Crippen LogP contribution in [-0.2, 0) is 7.05 Å². The van der Waals surface area contributed by atoms with Gasteiger partial charge in [0.15, 0.2) is 0 Å². The van der Waals surface area contributed by atoms with Gasteiger partial charge in [-0.1, -0.05) is 0 Å². The Morgan fingerprint density at radius 3 is 2.36 bits per heavy atom. The van der Waals surface area contributed by atoms with Crippen LogP contribution in [0.25, 0.3) is 0 Å². The summed E-state index contributed by atoms with van der Waals surface area (Å²) in [7, 11) is 1.61. The van der Waals surface area contributed by atoms with E-state index < -0.39 is 5.63 Å². The van der Waals surface area contributed by atoms with E-state index in [0.29, 0.717) is 37.8 Å². The zero-order chi connectivity index (χ0) is 15.7. The van der Waals surface area contributed by atoms with Crippen molar-refractivity contribution in [2.24, 2.45) is 7.05 Å². The van der Waals surface area contributed by atoms with Crippen LogP contribution in [-0.4, -0.2) is 51.7 Å². The van der Waals surface area contributed by atoms with Gasteiger partial charge in [-0.3, -0.25) is 4.79 Å². The van der Waals surface area contributed by atoms with E-state index in [1.807, 2.05) is 4.90 Å². The van der Waals surface area contributed by atoms with Gasteiger partial charge in [-0.05, 0) is 13.0 Å². The van der Waals surface area contributed by atoms with Gasteiger partial charge in [0.25, 0.3) is 5.91 Å². The first-order valence-corrected chi connectivity index (χ1v) is 7.06. The first-order chi connectivity index (χ1) is 10.6. The standard InChI is InChI=1S/C14H17N5O3/c1-10-11(13(21)22-17(10)2)12(20)18-6-8-19(9-7-18)14-15-4-3-5-16-14/h3-5H,6-9H2,1-2H3. The van der Waals surface area contributed by atoms with Crippen molar-refractivity contribution in [2.45, 2.75) is 6.92 Å². The predicted octanol–water partition coefficient (Wildman–Crippen LogP) is 0.0391. The highest BCUT2D eigenvalue weighted by molar-refractivity contribution is 5.95. The molecule has 0 atom stereocenters. The normalized spacial score (nSPS) is 15.2. The Balaban J connectivity index is 1.71. The average Bonchev–Trinajstić information content (AvgIpc) is 2.80. The third-order valence-electron chi connectivity index (χ3n) is 3.87. The van der Waals surface area contributed by atoms with Gasteiger partial charge in [0.05, 0.1) is 5.69 Å². The van der Waals surface area contributed by atoms with Crippen molar-refractivity contribution < 1.29 is 9.32 Å². The minimum absolute atomic E-state index is 0.118. The number of hydrogen-bond donors (Lipinski definition) is 0. The summed E-state index contributed by atoms with van der Waals surface area (Å²) < 4.78 is 6.25. The van der Waals surface area contributed by atoms with Crippen LogP contribution in [0, 0.1) is 6.92 Å². The quantitative estimate of drug-likeness (QED) is 0.779. The lowest BCUT2D eigenvalue weighted by Gasteiger charge is -2.34. The zero-order valence-corrected chi connectivity index (χ0v) is 12.5. The minimum Gasteiger partial charge on any atom is -0.337 e. The molecule has 0 bridgehead atoms. The van der Waals surface area contributed by atoms with Gasteiger partial charge in [-0.25, -0.2) is 19.5 Å². The van der Waals surface area contributed by atoms with E-state index in [1.54, 1.807) is 37.3 Å². The van der Waals surface area contributed by atoms with Crippen LogP contribution >= 0.6 is 0 Å². The van der Waals surface area contributed by atoms with Crippen molar-refractivity contribution in [1.29, 1.82) is 0 Å². The zero-order valence-electron chi connectivity index (χ0n) is 12.5. The molecule has 0 radical (unpaired) electrons. The molecule has 1 aliphatic rings. The number of carbonyl (C=O) groups is 1. The summed E-state index contributed by atoms with van der Waals surface area (Å²) in [4.78, 5) is 36.4. The molecule has 0 spiro atoms. The van der Waals surface area contributed by atoms with Crippen LogP contribution in [0.1, 0.15) is 16.1 Å². The lowest BCUT2D eigenvalue weighted by molar-refractivity contribution is 0.0743. The van der Waals surface area contributed by atoms with E-state index in [2.05, 4.69) is 9.97 Å².